The molecule has 0 saturated heterocycles. The Balaban J connectivity index is 2.46. The Morgan fingerprint density at radius 3 is 2.55 bits per heavy atom. The molecule has 0 radical (unpaired) electrons. The Kier molecular flexibility index (Phi) is 4.64. The number of aryl methyl sites for hydroxylation is 1. The van der Waals surface area contributed by atoms with Gasteiger partial charge in [-0.1, -0.05) is 35.3 Å². The molecule has 2 aromatic carbocycles. The fraction of sp³-hybridized carbons (Fsp3) is 0.0769. The van der Waals surface area contributed by atoms with E-state index in [1.807, 2.05) is 13.0 Å². The van der Waals surface area contributed by atoms with Gasteiger partial charge in [0.2, 0.25) is 0 Å². The number of benzene rings is 2. The largest absolute Gasteiger partial charge is 0.278 e. The lowest BCUT2D eigenvalue weighted by Gasteiger charge is -2.12. The summed E-state index contributed by atoms with van der Waals surface area (Å²) in [7, 11) is -3.80. The van der Waals surface area contributed by atoms with E-state index < -0.39 is 10.0 Å². The molecule has 7 heteroatoms. The lowest BCUT2D eigenvalue weighted by molar-refractivity contribution is 0.601. The van der Waals surface area contributed by atoms with Crippen LogP contribution in [0.5, 0.6) is 0 Å². The fourth-order valence-electron chi connectivity index (χ4n) is 1.61. The molecule has 0 heterocycles. The number of hydrogen-bond acceptors (Lipinski definition) is 2. The van der Waals surface area contributed by atoms with E-state index in [-0.39, 0.29) is 9.92 Å². The molecule has 1 N–H and O–H groups in total. The molecule has 2 rings (SSSR count). The lowest BCUT2D eigenvalue weighted by Crippen LogP contribution is -2.14. The number of hydrogen-bond donors (Lipinski definition) is 1. The standard InChI is InChI=1S/C13H10BrCl2NO2S/c1-8-3-2-4-11(13(8)14)17-20(18,19)12-7-9(15)5-6-10(12)16/h2-7,17H,1H3. The van der Waals surface area contributed by atoms with Gasteiger partial charge >= 0.3 is 0 Å². The molecule has 0 aliphatic rings. The molecule has 0 bridgehead atoms. The van der Waals surface area contributed by atoms with Crippen LogP contribution in [0.2, 0.25) is 10.0 Å². The highest BCUT2D eigenvalue weighted by molar-refractivity contribution is 9.10. The minimum absolute atomic E-state index is 0.0555. The van der Waals surface area contributed by atoms with Crippen LogP contribution in [-0.2, 0) is 10.0 Å². The minimum Gasteiger partial charge on any atom is -0.278 e. The van der Waals surface area contributed by atoms with Crippen LogP contribution in [0.4, 0.5) is 5.69 Å². The van der Waals surface area contributed by atoms with E-state index >= 15 is 0 Å². The third kappa shape index (κ3) is 3.28. The monoisotopic (exact) mass is 393 g/mol. The van der Waals surface area contributed by atoms with Gasteiger partial charge in [0, 0.05) is 9.50 Å². The van der Waals surface area contributed by atoms with Crippen molar-refractivity contribution < 1.29 is 8.42 Å². The van der Waals surface area contributed by atoms with Crippen molar-refractivity contribution >= 4 is 54.8 Å². The molecule has 0 unspecified atom stereocenters. The third-order valence-corrected chi connectivity index (χ3v) is 5.75. The topological polar surface area (TPSA) is 46.2 Å². The average molecular weight is 395 g/mol. The molecule has 0 atom stereocenters. The lowest BCUT2D eigenvalue weighted by atomic mass is 10.2. The van der Waals surface area contributed by atoms with Gasteiger partial charge in [-0.15, -0.1) is 0 Å². The molecular formula is C13H10BrCl2NO2S. The maximum absolute atomic E-state index is 12.4. The molecule has 2 aromatic rings. The molecule has 3 nitrogen and oxygen atoms in total. The highest BCUT2D eigenvalue weighted by Crippen LogP contribution is 2.30. The number of nitrogens with one attached hydrogen (secondary N) is 1. The summed E-state index contributed by atoms with van der Waals surface area (Å²) in [5.74, 6) is 0. The Morgan fingerprint density at radius 1 is 1.15 bits per heavy atom. The first-order valence-corrected chi connectivity index (χ1v) is 8.57. The minimum atomic E-state index is -3.80. The van der Waals surface area contributed by atoms with Crippen molar-refractivity contribution in [2.45, 2.75) is 11.8 Å². The predicted octanol–water partition coefficient (Wildman–Crippen LogP) is 4.87. The van der Waals surface area contributed by atoms with Crippen LogP contribution in [0.15, 0.2) is 45.8 Å². The molecule has 106 valence electrons. The smallest absolute Gasteiger partial charge is 0.263 e. The quantitative estimate of drug-likeness (QED) is 0.807. The van der Waals surface area contributed by atoms with Gasteiger partial charge in [-0.25, -0.2) is 8.42 Å². The zero-order chi connectivity index (χ0) is 14.9. The number of anilines is 1. The maximum Gasteiger partial charge on any atom is 0.263 e. The van der Waals surface area contributed by atoms with Crippen molar-refractivity contribution in [1.29, 1.82) is 0 Å². The Hall–Kier alpha value is -0.750. The van der Waals surface area contributed by atoms with Crippen molar-refractivity contribution in [3.63, 3.8) is 0 Å². The Morgan fingerprint density at radius 2 is 1.85 bits per heavy atom. The van der Waals surface area contributed by atoms with E-state index in [9.17, 15) is 8.42 Å². The SMILES string of the molecule is Cc1cccc(NS(=O)(=O)c2cc(Cl)ccc2Cl)c1Br. The fourth-order valence-corrected chi connectivity index (χ4v) is 3.94. The molecule has 0 aliphatic carbocycles. The van der Waals surface area contributed by atoms with Crippen LogP contribution in [0, 0.1) is 6.92 Å². The first kappa shape index (κ1) is 15.6. The molecule has 0 amide bonds. The van der Waals surface area contributed by atoms with Gasteiger partial charge < -0.3 is 0 Å². The molecule has 0 aliphatic heterocycles. The molecule has 0 saturated carbocycles. The van der Waals surface area contributed by atoms with Crippen molar-refractivity contribution in [3.8, 4) is 0 Å². The van der Waals surface area contributed by atoms with Crippen molar-refractivity contribution in [2.24, 2.45) is 0 Å². The second-order valence-electron chi connectivity index (χ2n) is 4.12. The van der Waals surface area contributed by atoms with Crippen molar-refractivity contribution in [3.05, 3.63) is 56.5 Å². The van der Waals surface area contributed by atoms with Crippen LogP contribution in [-0.4, -0.2) is 8.42 Å². The first-order chi connectivity index (χ1) is 9.31. The van der Waals surface area contributed by atoms with Gasteiger partial charge in [0.1, 0.15) is 4.90 Å². The summed E-state index contributed by atoms with van der Waals surface area (Å²) >= 11 is 15.1. The number of sulfonamides is 1. The molecular weight excluding hydrogens is 385 g/mol. The summed E-state index contributed by atoms with van der Waals surface area (Å²) in [6.07, 6.45) is 0. The molecule has 0 fully saturated rings. The molecule has 0 spiro atoms. The number of rotatable bonds is 3. The third-order valence-electron chi connectivity index (χ3n) is 2.62. The summed E-state index contributed by atoms with van der Waals surface area (Å²) in [5, 5.41) is 0.420. The highest BCUT2D eigenvalue weighted by atomic mass is 79.9. The highest BCUT2D eigenvalue weighted by Gasteiger charge is 2.19. The van der Waals surface area contributed by atoms with E-state index in [4.69, 9.17) is 23.2 Å². The summed E-state index contributed by atoms with van der Waals surface area (Å²) in [6.45, 7) is 1.87. The van der Waals surface area contributed by atoms with Crippen LogP contribution in [0.1, 0.15) is 5.56 Å². The zero-order valence-electron chi connectivity index (χ0n) is 10.3. The Bertz CT molecular complexity index is 763. The van der Waals surface area contributed by atoms with Gasteiger partial charge in [0.25, 0.3) is 10.0 Å². The van der Waals surface area contributed by atoms with Gasteiger partial charge in [-0.2, -0.15) is 0 Å². The summed E-state index contributed by atoms with van der Waals surface area (Å²) in [4.78, 5) is -0.0555. The Labute approximate surface area is 136 Å². The van der Waals surface area contributed by atoms with Crippen molar-refractivity contribution in [2.75, 3.05) is 4.72 Å². The predicted molar refractivity (Wildman–Crippen MR) is 86.1 cm³/mol. The van der Waals surface area contributed by atoms with Gasteiger partial charge in [0.05, 0.1) is 10.7 Å². The van der Waals surface area contributed by atoms with Gasteiger partial charge in [0.15, 0.2) is 0 Å². The van der Waals surface area contributed by atoms with Crippen LogP contribution in [0.3, 0.4) is 0 Å². The van der Waals surface area contributed by atoms with Crippen LogP contribution >= 0.6 is 39.1 Å². The summed E-state index contributed by atoms with van der Waals surface area (Å²) in [6, 6.07) is 9.59. The molecule has 20 heavy (non-hydrogen) atoms. The van der Waals surface area contributed by atoms with E-state index in [1.54, 1.807) is 12.1 Å². The van der Waals surface area contributed by atoms with Gasteiger partial charge in [-0.05, 0) is 52.7 Å². The summed E-state index contributed by atoms with van der Waals surface area (Å²) < 4.78 is 27.9. The van der Waals surface area contributed by atoms with Gasteiger partial charge in [-0.3, -0.25) is 4.72 Å². The second kappa shape index (κ2) is 5.93. The average Bonchev–Trinajstić information content (AvgIpc) is 2.37. The van der Waals surface area contributed by atoms with Crippen LogP contribution in [0.25, 0.3) is 0 Å². The van der Waals surface area contributed by atoms with Crippen molar-refractivity contribution in [1.82, 2.24) is 0 Å². The van der Waals surface area contributed by atoms with E-state index in [2.05, 4.69) is 20.7 Å². The molecule has 0 aromatic heterocycles. The summed E-state index contributed by atoms with van der Waals surface area (Å²) in [5.41, 5.74) is 1.36. The second-order valence-corrected chi connectivity index (χ2v) is 7.40. The van der Waals surface area contributed by atoms with Crippen LogP contribution < -0.4 is 4.72 Å². The van der Waals surface area contributed by atoms with E-state index in [0.29, 0.717) is 15.2 Å². The first-order valence-electron chi connectivity index (χ1n) is 5.54. The normalized spacial score (nSPS) is 11.4. The number of halogens is 3. The van der Waals surface area contributed by atoms with E-state index in [0.717, 1.165) is 5.56 Å². The zero-order valence-corrected chi connectivity index (χ0v) is 14.2. The maximum atomic E-state index is 12.4. The van der Waals surface area contributed by atoms with E-state index in [1.165, 1.54) is 18.2 Å².